The van der Waals surface area contributed by atoms with E-state index in [-0.39, 0.29) is 12.1 Å². The highest BCUT2D eigenvalue weighted by molar-refractivity contribution is 5.74. The minimum absolute atomic E-state index is 0.0198. The van der Waals surface area contributed by atoms with Crippen molar-refractivity contribution >= 4 is 6.03 Å². The number of carbonyl (C=O) groups excluding carboxylic acids is 1. The molecule has 0 spiro atoms. The fourth-order valence-electron chi connectivity index (χ4n) is 2.77. The van der Waals surface area contributed by atoms with Gasteiger partial charge in [-0.05, 0) is 26.8 Å². The van der Waals surface area contributed by atoms with Crippen molar-refractivity contribution in [3.8, 4) is 11.4 Å². The number of benzene rings is 1. The van der Waals surface area contributed by atoms with E-state index in [9.17, 15) is 4.79 Å². The number of ether oxygens (including phenoxy) is 1. The predicted molar refractivity (Wildman–Crippen MR) is 92.9 cm³/mol. The van der Waals surface area contributed by atoms with Crippen LogP contribution in [0.1, 0.15) is 25.3 Å². The van der Waals surface area contributed by atoms with Crippen LogP contribution in [0.5, 0.6) is 0 Å². The summed E-state index contributed by atoms with van der Waals surface area (Å²) in [6.07, 6.45) is 0. The van der Waals surface area contributed by atoms with Crippen molar-refractivity contribution in [2.45, 2.75) is 33.4 Å². The Bertz CT molecular complexity index is 723. The van der Waals surface area contributed by atoms with E-state index < -0.39 is 0 Å². The van der Waals surface area contributed by atoms with E-state index in [4.69, 9.17) is 9.26 Å². The number of hydrogen-bond acceptors (Lipinski definition) is 5. The van der Waals surface area contributed by atoms with Crippen molar-refractivity contribution in [1.29, 1.82) is 0 Å². The highest BCUT2D eigenvalue weighted by Gasteiger charge is 2.26. The summed E-state index contributed by atoms with van der Waals surface area (Å²) in [5, 5.41) is 4.05. The van der Waals surface area contributed by atoms with Gasteiger partial charge in [-0.2, -0.15) is 4.98 Å². The predicted octanol–water partition coefficient (Wildman–Crippen LogP) is 2.71. The van der Waals surface area contributed by atoms with Crippen molar-refractivity contribution in [2.75, 3.05) is 26.3 Å². The minimum atomic E-state index is -0.0198. The molecule has 0 radical (unpaired) electrons. The van der Waals surface area contributed by atoms with Gasteiger partial charge in [0.2, 0.25) is 11.7 Å². The molecule has 0 atom stereocenters. The average molecular weight is 344 g/mol. The van der Waals surface area contributed by atoms with Crippen molar-refractivity contribution in [2.24, 2.45) is 0 Å². The highest BCUT2D eigenvalue weighted by atomic mass is 16.5. The van der Waals surface area contributed by atoms with Crippen molar-refractivity contribution in [3.05, 3.63) is 35.7 Å². The van der Waals surface area contributed by atoms with Crippen LogP contribution in [0.3, 0.4) is 0 Å². The molecule has 1 aliphatic heterocycles. The molecule has 1 saturated heterocycles. The van der Waals surface area contributed by atoms with E-state index >= 15 is 0 Å². The first kappa shape index (κ1) is 17.4. The minimum Gasteiger partial charge on any atom is -0.378 e. The summed E-state index contributed by atoms with van der Waals surface area (Å²) in [7, 11) is 0. The van der Waals surface area contributed by atoms with Crippen LogP contribution in [0, 0.1) is 6.92 Å². The highest BCUT2D eigenvalue weighted by Crippen LogP contribution is 2.18. The summed E-state index contributed by atoms with van der Waals surface area (Å²) < 4.78 is 10.7. The molecule has 0 N–H and O–H groups in total. The Kier molecular flexibility index (Phi) is 5.33. The molecule has 134 valence electrons. The number of rotatable bonds is 4. The number of urea groups is 1. The van der Waals surface area contributed by atoms with Gasteiger partial charge < -0.3 is 19.1 Å². The third kappa shape index (κ3) is 4.17. The average Bonchev–Trinajstić information content (AvgIpc) is 3.08. The number of aryl methyl sites for hydroxylation is 1. The van der Waals surface area contributed by atoms with Crippen LogP contribution in [0.15, 0.2) is 28.8 Å². The summed E-state index contributed by atoms with van der Waals surface area (Å²) >= 11 is 0. The van der Waals surface area contributed by atoms with E-state index in [0.29, 0.717) is 44.6 Å². The van der Waals surface area contributed by atoms with E-state index in [1.807, 2.05) is 45.0 Å². The molecule has 25 heavy (non-hydrogen) atoms. The molecular formula is C18H24N4O3. The Balaban J connectivity index is 1.73. The van der Waals surface area contributed by atoms with Crippen LogP contribution < -0.4 is 0 Å². The molecule has 0 bridgehead atoms. The van der Waals surface area contributed by atoms with Gasteiger partial charge >= 0.3 is 6.03 Å². The number of nitrogens with zero attached hydrogens (tertiary/aromatic N) is 4. The Morgan fingerprint density at radius 2 is 2.08 bits per heavy atom. The molecule has 3 rings (SSSR count). The lowest BCUT2D eigenvalue weighted by Gasteiger charge is -2.34. The first-order valence-corrected chi connectivity index (χ1v) is 8.57. The lowest BCUT2D eigenvalue weighted by Crippen LogP contribution is -2.50. The Hall–Kier alpha value is -2.41. The maximum absolute atomic E-state index is 12.8. The molecular weight excluding hydrogens is 320 g/mol. The summed E-state index contributed by atoms with van der Waals surface area (Å²) in [4.78, 5) is 20.8. The van der Waals surface area contributed by atoms with Gasteiger partial charge in [0.05, 0.1) is 13.2 Å². The van der Waals surface area contributed by atoms with Crippen LogP contribution in [-0.2, 0) is 11.3 Å². The zero-order valence-corrected chi connectivity index (χ0v) is 14.9. The molecule has 7 nitrogen and oxygen atoms in total. The summed E-state index contributed by atoms with van der Waals surface area (Å²) in [5.74, 6) is 0.980. The van der Waals surface area contributed by atoms with Gasteiger partial charge in [0.15, 0.2) is 0 Å². The SMILES string of the molecule is Cc1cccc(-c2noc(CN(C(=O)N3CCOCC3)C(C)C)n2)c1. The zero-order valence-electron chi connectivity index (χ0n) is 14.9. The van der Waals surface area contributed by atoms with E-state index in [1.165, 1.54) is 0 Å². The second-order valence-corrected chi connectivity index (χ2v) is 6.48. The molecule has 2 heterocycles. The fourth-order valence-corrected chi connectivity index (χ4v) is 2.77. The van der Waals surface area contributed by atoms with E-state index in [0.717, 1.165) is 11.1 Å². The lowest BCUT2D eigenvalue weighted by atomic mass is 10.1. The van der Waals surface area contributed by atoms with Crippen molar-refractivity contribution in [1.82, 2.24) is 19.9 Å². The third-order valence-electron chi connectivity index (χ3n) is 4.20. The maximum Gasteiger partial charge on any atom is 0.320 e. The number of aromatic nitrogens is 2. The lowest BCUT2D eigenvalue weighted by molar-refractivity contribution is 0.0385. The van der Waals surface area contributed by atoms with Gasteiger partial charge in [0.25, 0.3) is 0 Å². The second-order valence-electron chi connectivity index (χ2n) is 6.48. The van der Waals surface area contributed by atoms with Crippen LogP contribution in [0.25, 0.3) is 11.4 Å². The summed E-state index contributed by atoms with van der Waals surface area (Å²) in [6, 6.07) is 7.95. The van der Waals surface area contributed by atoms with Gasteiger partial charge in [0.1, 0.15) is 6.54 Å². The van der Waals surface area contributed by atoms with Gasteiger partial charge in [-0.3, -0.25) is 0 Å². The largest absolute Gasteiger partial charge is 0.378 e. The molecule has 1 fully saturated rings. The first-order chi connectivity index (χ1) is 12.0. The standard InChI is InChI=1S/C18H24N4O3/c1-13(2)22(18(23)21-7-9-24-10-8-21)12-16-19-17(20-25-16)15-6-4-5-14(3)11-15/h4-6,11,13H,7-10,12H2,1-3H3. The van der Waals surface area contributed by atoms with E-state index in [2.05, 4.69) is 10.1 Å². The Morgan fingerprint density at radius 1 is 1.32 bits per heavy atom. The molecule has 0 aliphatic carbocycles. The van der Waals surface area contributed by atoms with Crippen LogP contribution >= 0.6 is 0 Å². The summed E-state index contributed by atoms with van der Waals surface area (Å²) in [5.41, 5.74) is 2.04. The molecule has 0 saturated carbocycles. The molecule has 1 aromatic heterocycles. The van der Waals surface area contributed by atoms with Gasteiger partial charge in [-0.1, -0.05) is 28.9 Å². The van der Waals surface area contributed by atoms with Crippen LogP contribution in [-0.4, -0.2) is 58.3 Å². The second kappa shape index (κ2) is 7.65. The number of hydrogen-bond donors (Lipinski definition) is 0. The molecule has 7 heteroatoms. The third-order valence-corrected chi connectivity index (χ3v) is 4.20. The Morgan fingerprint density at radius 3 is 2.76 bits per heavy atom. The van der Waals surface area contributed by atoms with Crippen molar-refractivity contribution in [3.63, 3.8) is 0 Å². The van der Waals surface area contributed by atoms with Gasteiger partial charge in [0, 0.05) is 24.7 Å². The molecule has 1 aromatic carbocycles. The molecule has 0 unspecified atom stereocenters. The zero-order chi connectivity index (χ0) is 17.8. The molecule has 1 aliphatic rings. The van der Waals surface area contributed by atoms with Crippen LogP contribution in [0.4, 0.5) is 4.79 Å². The summed E-state index contributed by atoms with van der Waals surface area (Å²) in [6.45, 7) is 8.66. The monoisotopic (exact) mass is 344 g/mol. The van der Waals surface area contributed by atoms with Crippen molar-refractivity contribution < 1.29 is 14.1 Å². The normalized spacial score (nSPS) is 14.8. The number of amides is 2. The maximum atomic E-state index is 12.8. The van der Waals surface area contributed by atoms with Crippen LogP contribution in [0.2, 0.25) is 0 Å². The number of morpholine rings is 1. The Labute approximate surface area is 147 Å². The number of carbonyl (C=O) groups is 1. The topological polar surface area (TPSA) is 71.7 Å². The molecule has 2 aromatic rings. The smallest absolute Gasteiger partial charge is 0.320 e. The quantitative estimate of drug-likeness (QED) is 0.853. The first-order valence-electron chi connectivity index (χ1n) is 8.57. The van der Waals surface area contributed by atoms with E-state index in [1.54, 1.807) is 9.80 Å². The molecule has 2 amide bonds. The van der Waals surface area contributed by atoms with Gasteiger partial charge in [-0.25, -0.2) is 4.79 Å². The fraction of sp³-hybridized carbons (Fsp3) is 0.500. The van der Waals surface area contributed by atoms with Gasteiger partial charge in [-0.15, -0.1) is 0 Å².